The molecular weight excluding hydrogens is 246 g/mol. The number of nitrogens with zero attached hydrogens (tertiary/aromatic N) is 3. The van der Waals surface area contributed by atoms with Crippen LogP contribution >= 0.6 is 11.6 Å². The minimum atomic E-state index is 0.392. The minimum absolute atomic E-state index is 0.392. The van der Waals surface area contributed by atoms with Crippen molar-refractivity contribution in [2.45, 2.75) is 77.6 Å². The number of unbranched alkanes of at least 4 members (excludes halogenated alkanes) is 5. The van der Waals surface area contributed by atoms with Gasteiger partial charge in [-0.1, -0.05) is 39.0 Å². The summed E-state index contributed by atoms with van der Waals surface area (Å²) in [7, 11) is 0. The fraction of sp³-hybridized carbons (Fsp3) is 0.857. The Balaban J connectivity index is 2.40. The van der Waals surface area contributed by atoms with Gasteiger partial charge in [0.25, 0.3) is 0 Å². The molecule has 0 radical (unpaired) electrons. The van der Waals surface area contributed by atoms with Crippen LogP contribution in [0.3, 0.4) is 0 Å². The highest BCUT2D eigenvalue weighted by Gasteiger charge is 2.13. The van der Waals surface area contributed by atoms with E-state index in [1.807, 2.05) is 0 Å². The van der Waals surface area contributed by atoms with Crippen molar-refractivity contribution in [1.29, 1.82) is 0 Å². The Kier molecular flexibility index (Phi) is 7.33. The number of hydrogen-bond acceptors (Lipinski definition) is 2. The molecule has 0 saturated heterocycles. The molecule has 3 nitrogen and oxygen atoms in total. The van der Waals surface area contributed by atoms with Crippen LogP contribution in [0.25, 0.3) is 0 Å². The first-order valence-electron chi connectivity index (χ1n) is 7.19. The largest absolute Gasteiger partial charge is 0.311 e. The molecule has 1 rings (SSSR count). The van der Waals surface area contributed by atoms with Gasteiger partial charge in [0.05, 0.1) is 5.88 Å². The van der Waals surface area contributed by atoms with Crippen LogP contribution in [-0.4, -0.2) is 14.8 Å². The zero-order chi connectivity index (χ0) is 13.4. The Labute approximate surface area is 116 Å². The van der Waals surface area contributed by atoms with Crippen molar-refractivity contribution in [3.8, 4) is 0 Å². The molecule has 0 unspecified atom stereocenters. The molecule has 0 bridgehead atoms. The lowest BCUT2D eigenvalue weighted by Crippen LogP contribution is -2.09. The molecule has 1 aromatic rings. The lowest BCUT2D eigenvalue weighted by atomic mass is 10.1. The Morgan fingerprint density at radius 2 is 1.61 bits per heavy atom. The molecule has 0 atom stereocenters. The first kappa shape index (κ1) is 15.5. The molecule has 4 heteroatoms. The summed E-state index contributed by atoms with van der Waals surface area (Å²) in [5.41, 5.74) is 0. The standard InChI is InChI=1S/C14H26ClN3/c1-4-5-6-7-8-9-10-13-16-17-14(11-15)18(13)12(2)3/h12H,4-11H2,1-3H3. The number of aromatic nitrogens is 3. The van der Waals surface area contributed by atoms with Crippen LogP contribution in [-0.2, 0) is 12.3 Å². The topological polar surface area (TPSA) is 30.7 Å². The number of aryl methyl sites for hydroxylation is 1. The third-order valence-corrected chi connectivity index (χ3v) is 3.47. The third kappa shape index (κ3) is 4.60. The molecule has 1 heterocycles. The van der Waals surface area contributed by atoms with E-state index >= 15 is 0 Å². The van der Waals surface area contributed by atoms with Crippen LogP contribution in [0.1, 0.15) is 77.0 Å². The maximum atomic E-state index is 5.88. The summed E-state index contributed by atoms with van der Waals surface area (Å²) in [4.78, 5) is 0. The fourth-order valence-electron chi connectivity index (χ4n) is 2.28. The highest BCUT2D eigenvalue weighted by Crippen LogP contribution is 2.16. The zero-order valence-electron chi connectivity index (χ0n) is 12.0. The van der Waals surface area contributed by atoms with E-state index in [2.05, 4.69) is 35.5 Å². The summed E-state index contributed by atoms with van der Waals surface area (Å²) >= 11 is 5.88. The van der Waals surface area contributed by atoms with E-state index in [9.17, 15) is 0 Å². The number of rotatable bonds is 9. The van der Waals surface area contributed by atoms with Crippen LogP contribution < -0.4 is 0 Å². The lowest BCUT2D eigenvalue weighted by Gasteiger charge is -2.12. The Bertz CT molecular complexity index is 334. The predicted octanol–water partition coefficient (Wildman–Crippen LogP) is 4.50. The average molecular weight is 272 g/mol. The highest BCUT2D eigenvalue weighted by atomic mass is 35.5. The second kappa shape index (κ2) is 8.52. The molecule has 18 heavy (non-hydrogen) atoms. The van der Waals surface area contributed by atoms with Gasteiger partial charge < -0.3 is 4.57 Å². The van der Waals surface area contributed by atoms with Gasteiger partial charge in [-0.3, -0.25) is 0 Å². The van der Waals surface area contributed by atoms with Crippen molar-refractivity contribution < 1.29 is 0 Å². The van der Waals surface area contributed by atoms with Crippen LogP contribution in [0.4, 0.5) is 0 Å². The summed E-state index contributed by atoms with van der Waals surface area (Å²) in [6.07, 6.45) is 8.89. The Morgan fingerprint density at radius 1 is 1.00 bits per heavy atom. The van der Waals surface area contributed by atoms with Gasteiger partial charge in [-0.15, -0.1) is 21.8 Å². The van der Waals surface area contributed by atoms with E-state index in [1.54, 1.807) is 0 Å². The van der Waals surface area contributed by atoms with Crippen LogP contribution in [0, 0.1) is 0 Å². The van der Waals surface area contributed by atoms with Gasteiger partial charge in [-0.2, -0.15) is 0 Å². The van der Waals surface area contributed by atoms with E-state index in [-0.39, 0.29) is 0 Å². The number of alkyl halides is 1. The maximum absolute atomic E-state index is 5.88. The maximum Gasteiger partial charge on any atom is 0.148 e. The van der Waals surface area contributed by atoms with Crippen molar-refractivity contribution in [3.63, 3.8) is 0 Å². The molecule has 0 amide bonds. The molecular formula is C14H26ClN3. The number of hydrogen-bond donors (Lipinski definition) is 0. The Hall–Kier alpha value is -0.570. The second-order valence-corrected chi connectivity index (χ2v) is 5.41. The molecule has 0 aliphatic heterocycles. The lowest BCUT2D eigenvalue weighted by molar-refractivity contribution is 0.534. The summed E-state index contributed by atoms with van der Waals surface area (Å²) in [6, 6.07) is 0.392. The molecule has 104 valence electrons. The van der Waals surface area contributed by atoms with Gasteiger partial charge in [-0.05, 0) is 20.3 Å². The molecule has 0 aliphatic rings. The fourth-order valence-corrected chi connectivity index (χ4v) is 2.46. The van der Waals surface area contributed by atoms with Gasteiger partial charge in [0, 0.05) is 12.5 Å². The molecule has 0 aliphatic carbocycles. The van der Waals surface area contributed by atoms with Crippen molar-refractivity contribution >= 4 is 11.6 Å². The van der Waals surface area contributed by atoms with E-state index in [0.717, 1.165) is 18.1 Å². The Morgan fingerprint density at radius 3 is 2.22 bits per heavy atom. The molecule has 0 fully saturated rings. The van der Waals surface area contributed by atoms with Crippen LogP contribution in [0.5, 0.6) is 0 Å². The van der Waals surface area contributed by atoms with E-state index in [4.69, 9.17) is 11.6 Å². The monoisotopic (exact) mass is 271 g/mol. The zero-order valence-corrected chi connectivity index (χ0v) is 12.7. The average Bonchev–Trinajstić information content (AvgIpc) is 2.76. The smallest absolute Gasteiger partial charge is 0.148 e. The van der Waals surface area contributed by atoms with E-state index in [0.29, 0.717) is 11.9 Å². The molecule has 0 N–H and O–H groups in total. The van der Waals surface area contributed by atoms with Gasteiger partial charge in [0.2, 0.25) is 0 Å². The highest BCUT2D eigenvalue weighted by molar-refractivity contribution is 6.16. The normalized spacial score (nSPS) is 11.4. The van der Waals surface area contributed by atoms with Gasteiger partial charge in [0.15, 0.2) is 0 Å². The van der Waals surface area contributed by atoms with Gasteiger partial charge in [-0.25, -0.2) is 0 Å². The van der Waals surface area contributed by atoms with Crippen molar-refractivity contribution in [2.75, 3.05) is 0 Å². The first-order chi connectivity index (χ1) is 8.70. The van der Waals surface area contributed by atoms with Crippen molar-refractivity contribution in [3.05, 3.63) is 11.6 Å². The summed E-state index contributed by atoms with van der Waals surface area (Å²) in [5, 5.41) is 8.44. The van der Waals surface area contributed by atoms with Gasteiger partial charge >= 0.3 is 0 Å². The SMILES string of the molecule is CCCCCCCCc1nnc(CCl)n1C(C)C. The molecule has 0 aromatic carbocycles. The molecule has 0 spiro atoms. The summed E-state index contributed by atoms with van der Waals surface area (Å²) in [5.74, 6) is 2.44. The third-order valence-electron chi connectivity index (χ3n) is 3.23. The van der Waals surface area contributed by atoms with Crippen LogP contribution in [0.2, 0.25) is 0 Å². The molecule has 1 aromatic heterocycles. The van der Waals surface area contributed by atoms with Crippen molar-refractivity contribution in [2.24, 2.45) is 0 Å². The van der Waals surface area contributed by atoms with E-state index < -0.39 is 0 Å². The van der Waals surface area contributed by atoms with Crippen molar-refractivity contribution in [1.82, 2.24) is 14.8 Å². The quantitative estimate of drug-likeness (QED) is 0.489. The predicted molar refractivity (Wildman–Crippen MR) is 77.0 cm³/mol. The first-order valence-corrected chi connectivity index (χ1v) is 7.72. The second-order valence-electron chi connectivity index (χ2n) is 5.15. The minimum Gasteiger partial charge on any atom is -0.311 e. The summed E-state index contributed by atoms with van der Waals surface area (Å²) in [6.45, 7) is 6.56. The van der Waals surface area contributed by atoms with E-state index in [1.165, 1.54) is 38.5 Å². The molecule has 0 saturated carbocycles. The van der Waals surface area contributed by atoms with Crippen LogP contribution in [0.15, 0.2) is 0 Å². The number of halogens is 1. The van der Waals surface area contributed by atoms with Gasteiger partial charge in [0.1, 0.15) is 11.6 Å². The summed E-state index contributed by atoms with van der Waals surface area (Å²) < 4.78 is 2.18.